The number of ketones is 2. The molecule has 0 saturated carbocycles. The van der Waals surface area contributed by atoms with E-state index in [2.05, 4.69) is 0 Å². The summed E-state index contributed by atoms with van der Waals surface area (Å²) in [6.45, 7) is 0. The Morgan fingerprint density at radius 3 is 2.56 bits per heavy atom. The van der Waals surface area contributed by atoms with Crippen LogP contribution in [0.3, 0.4) is 0 Å². The first kappa shape index (κ1) is 10.5. The zero-order valence-electron chi connectivity index (χ0n) is 8.46. The van der Waals surface area contributed by atoms with Gasteiger partial charge in [-0.15, -0.1) is 0 Å². The molecule has 1 aromatic rings. The van der Waals surface area contributed by atoms with E-state index in [9.17, 15) is 14.7 Å². The molecule has 1 aliphatic rings. The van der Waals surface area contributed by atoms with Crippen molar-refractivity contribution in [2.45, 2.75) is 6.10 Å². The van der Waals surface area contributed by atoms with Gasteiger partial charge >= 0.3 is 0 Å². The van der Waals surface area contributed by atoms with Gasteiger partial charge < -0.3 is 5.11 Å². The summed E-state index contributed by atoms with van der Waals surface area (Å²) in [5.41, 5.74) is 0.592. The van der Waals surface area contributed by atoms with Gasteiger partial charge in [-0.25, -0.2) is 0 Å². The molecule has 0 amide bonds. The molecular formula is C13H10O3. The van der Waals surface area contributed by atoms with Crippen molar-refractivity contribution >= 4 is 11.6 Å². The van der Waals surface area contributed by atoms with Crippen molar-refractivity contribution < 1.29 is 14.7 Å². The summed E-state index contributed by atoms with van der Waals surface area (Å²) in [6, 6.07) is 8.58. The molecule has 0 fully saturated rings. The molecule has 16 heavy (non-hydrogen) atoms. The number of hydrogen-bond acceptors (Lipinski definition) is 3. The number of benzene rings is 1. The van der Waals surface area contributed by atoms with E-state index in [1.54, 1.807) is 30.3 Å². The maximum Gasteiger partial charge on any atom is 0.192 e. The Kier molecular flexibility index (Phi) is 2.79. The molecule has 0 heterocycles. The molecule has 0 aliphatic heterocycles. The molecule has 1 atom stereocenters. The fourth-order valence-electron chi connectivity index (χ4n) is 1.54. The maximum atomic E-state index is 11.9. The highest BCUT2D eigenvalue weighted by atomic mass is 16.3. The van der Waals surface area contributed by atoms with Crippen molar-refractivity contribution in [3.05, 3.63) is 59.7 Å². The van der Waals surface area contributed by atoms with E-state index < -0.39 is 11.9 Å². The zero-order chi connectivity index (χ0) is 11.5. The molecule has 3 heteroatoms. The van der Waals surface area contributed by atoms with E-state index in [0.717, 1.165) is 0 Å². The predicted molar refractivity (Wildman–Crippen MR) is 59.0 cm³/mol. The summed E-state index contributed by atoms with van der Waals surface area (Å²) in [5, 5.41) is 9.58. The standard InChI is InChI=1S/C13H10O3/c14-11-8-4-7-10(13(11)16)12(15)9-5-2-1-3-6-9/h1-8,13,16H. The number of rotatable bonds is 2. The van der Waals surface area contributed by atoms with Gasteiger partial charge in [0.1, 0.15) is 6.10 Å². The quantitative estimate of drug-likeness (QED) is 0.755. The van der Waals surface area contributed by atoms with Gasteiger partial charge in [0.2, 0.25) is 0 Å². The van der Waals surface area contributed by atoms with Crippen molar-refractivity contribution in [3.8, 4) is 0 Å². The van der Waals surface area contributed by atoms with Gasteiger partial charge in [-0.3, -0.25) is 9.59 Å². The monoisotopic (exact) mass is 214 g/mol. The largest absolute Gasteiger partial charge is 0.380 e. The molecule has 0 bridgehead atoms. The third-order valence-corrected chi connectivity index (χ3v) is 2.40. The van der Waals surface area contributed by atoms with E-state index >= 15 is 0 Å². The van der Waals surface area contributed by atoms with Crippen LogP contribution < -0.4 is 0 Å². The van der Waals surface area contributed by atoms with Crippen molar-refractivity contribution in [2.75, 3.05) is 0 Å². The van der Waals surface area contributed by atoms with E-state index in [0.29, 0.717) is 5.56 Å². The Labute approximate surface area is 92.7 Å². The minimum absolute atomic E-state index is 0.124. The van der Waals surface area contributed by atoms with Gasteiger partial charge in [0.05, 0.1) is 0 Å². The van der Waals surface area contributed by atoms with Crippen LogP contribution in [0, 0.1) is 0 Å². The number of hydrogen-bond donors (Lipinski definition) is 1. The van der Waals surface area contributed by atoms with Crippen molar-refractivity contribution in [1.29, 1.82) is 0 Å². The second-order valence-electron chi connectivity index (χ2n) is 3.48. The molecule has 1 unspecified atom stereocenters. The van der Waals surface area contributed by atoms with Crippen LogP contribution in [0.2, 0.25) is 0 Å². The van der Waals surface area contributed by atoms with Crippen LogP contribution in [0.25, 0.3) is 0 Å². The van der Waals surface area contributed by atoms with Gasteiger partial charge in [-0.05, 0) is 6.08 Å². The normalized spacial score (nSPS) is 19.4. The fraction of sp³-hybridized carbons (Fsp3) is 0.0769. The first-order valence-electron chi connectivity index (χ1n) is 4.90. The summed E-state index contributed by atoms with van der Waals surface area (Å²) < 4.78 is 0. The van der Waals surface area contributed by atoms with Gasteiger partial charge in [0.25, 0.3) is 0 Å². The lowest BCUT2D eigenvalue weighted by Crippen LogP contribution is -2.27. The molecule has 1 aromatic carbocycles. The van der Waals surface area contributed by atoms with Gasteiger partial charge in [-0.1, -0.05) is 42.5 Å². The molecular weight excluding hydrogens is 204 g/mol. The van der Waals surface area contributed by atoms with E-state index in [1.165, 1.54) is 18.2 Å². The predicted octanol–water partition coefficient (Wildman–Crippen LogP) is 1.30. The van der Waals surface area contributed by atoms with Crippen molar-refractivity contribution in [3.63, 3.8) is 0 Å². The molecule has 3 nitrogen and oxygen atoms in total. The average Bonchev–Trinajstić information content (AvgIpc) is 2.33. The molecule has 0 spiro atoms. The van der Waals surface area contributed by atoms with E-state index in [4.69, 9.17) is 0 Å². The Morgan fingerprint density at radius 1 is 1.19 bits per heavy atom. The minimum Gasteiger partial charge on any atom is -0.380 e. The van der Waals surface area contributed by atoms with Gasteiger partial charge in [0, 0.05) is 11.1 Å². The van der Waals surface area contributed by atoms with Crippen LogP contribution in [0.4, 0.5) is 0 Å². The topological polar surface area (TPSA) is 54.4 Å². The smallest absolute Gasteiger partial charge is 0.192 e. The molecule has 0 saturated heterocycles. The number of Topliss-reactive ketones (excluding diaryl/α,β-unsaturated/α-hetero) is 1. The fourth-order valence-corrected chi connectivity index (χ4v) is 1.54. The highest BCUT2D eigenvalue weighted by Crippen LogP contribution is 2.16. The lowest BCUT2D eigenvalue weighted by molar-refractivity contribution is -0.120. The highest BCUT2D eigenvalue weighted by Gasteiger charge is 2.25. The third kappa shape index (κ3) is 1.85. The van der Waals surface area contributed by atoms with Crippen LogP contribution in [0.5, 0.6) is 0 Å². The van der Waals surface area contributed by atoms with Crippen molar-refractivity contribution in [2.24, 2.45) is 0 Å². The second kappa shape index (κ2) is 4.24. The first-order valence-corrected chi connectivity index (χ1v) is 4.90. The Balaban J connectivity index is 2.33. The number of carbonyl (C=O) groups is 2. The summed E-state index contributed by atoms with van der Waals surface area (Å²) in [6.07, 6.45) is 2.87. The number of aliphatic hydroxyl groups is 1. The second-order valence-corrected chi connectivity index (χ2v) is 3.48. The Bertz CT molecular complexity index is 483. The van der Waals surface area contributed by atoms with Crippen LogP contribution in [-0.4, -0.2) is 22.8 Å². The zero-order valence-corrected chi connectivity index (χ0v) is 8.46. The van der Waals surface area contributed by atoms with Gasteiger partial charge in [-0.2, -0.15) is 0 Å². The third-order valence-electron chi connectivity index (χ3n) is 2.40. The van der Waals surface area contributed by atoms with Crippen LogP contribution in [-0.2, 0) is 4.79 Å². The lowest BCUT2D eigenvalue weighted by atomic mass is 9.93. The molecule has 1 N–H and O–H groups in total. The summed E-state index contributed by atoms with van der Waals surface area (Å²) in [5.74, 6) is -0.771. The van der Waals surface area contributed by atoms with Crippen LogP contribution >= 0.6 is 0 Å². The molecule has 0 aromatic heterocycles. The lowest BCUT2D eigenvalue weighted by Gasteiger charge is -2.13. The summed E-state index contributed by atoms with van der Waals surface area (Å²) >= 11 is 0. The van der Waals surface area contributed by atoms with Crippen LogP contribution in [0.15, 0.2) is 54.1 Å². The summed E-state index contributed by atoms with van der Waals surface area (Å²) in [4.78, 5) is 23.2. The van der Waals surface area contributed by atoms with E-state index in [1.807, 2.05) is 0 Å². The minimum atomic E-state index is -1.34. The molecule has 0 radical (unpaired) electrons. The van der Waals surface area contributed by atoms with Crippen LogP contribution in [0.1, 0.15) is 10.4 Å². The molecule has 80 valence electrons. The van der Waals surface area contributed by atoms with Crippen molar-refractivity contribution in [1.82, 2.24) is 0 Å². The Hall–Kier alpha value is -2.00. The number of allylic oxidation sites excluding steroid dienone is 2. The maximum absolute atomic E-state index is 11.9. The summed E-state index contributed by atoms with van der Waals surface area (Å²) in [7, 11) is 0. The Morgan fingerprint density at radius 2 is 1.88 bits per heavy atom. The highest BCUT2D eigenvalue weighted by molar-refractivity contribution is 6.15. The number of carbonyl (C=O) groups excluding carboxylic acids is 2. The van der Waals surface area contributed by atoms with E-state index in [-0.39, 0.29) is 11.4 Å². The molecule has 2 rings (SSSR count). The molecule has 1 aliphatic carbocycles. The number of aliphatic hydroxyl groups excluding tert-OH is 1. The first-order chi connectivity index (χ1) is 7.70. The SMILES string of the molecule is O=C(C1=CC=CC(=O)C1O)c1ccccc1. The van der Waals surface area contributed by atoms with Gasteiger partial charge in [0.15, 0.2) is 11.6 Å². The average molecular weight is 214 g/mol.